The van der Waals surface area contributed by atoms with Crippen LogP contribution in [-0.2, 0) is 6.42 Å². The topological polar surface area (TPSA) is 42.9 Å². The molecule has 2 fully saturated rings. The summed E-state index contributed by atoms with van der Waals surface area (Å²) < 4.78 is 0. The molecule has 1 unspecified atom stereocenters. The van der Waals surface area contributed by atoms with Crippen LogP contribution in [0.25, 0.3) is 0 Å². The Morgan fingerprint density at radius 1 is 1.10 bits per heavy atom. The average Bonchev–Trinajstić information content (AvgIpc) is 3.20. The summed E-state index contributed by atoms with van der Waals surface area (Å²) in [6, 6.07) is 12.0. The molecule has 1 atom stereocenters. The Morgan fingerprint density at radius 2 is 1.86 bits per heavy atom. The number of benzene rings is 1. The predicted octanol–water partition coefficient (Wildman–Crippen LogP) is 2.98. The van der Waals surface area contributed by atoms with Gasteiger partial charge in [-0.2, -0.15) is 0 Å². The molecule has 0 aliphatic carbocycles. The number of rotatable bonds is 8. The Morgan fingerprint density at radius 3 is 2.55 bits per heavy atom. The SMILES string of the molecule is CCNC(=NCC1CCN(CCc2ccccc2)C1)NC1CCN(C(C)C)CC1. The predicted molar refractivity (Wildman–Crippen MR) is 124 cm³/mol. The standard InChI is InChI=1S/C24H41N5/c1-4-25-24(27-23-12-16-29(17-13-23)20(2)3)26-18-22-11-15-28(19-22)14-10-21-8-6-5-7-9-21/h5-9,20,22-23H,4,10-19H2,1-3H3,(H2,25,26,27). The van der Waals surface area contributed by atoms with Crippen molar-refractivity contribution in [2.24, 2.45) is 10.9 Å². The van der Waals surface area contributed by atoms with E-state index in [1.165, 1.54) is 51.0 Å². The molecule has 2 aliphatic rings. The molecule has 2 heterocycles. The van der Waals surface area contributed by atoms with Crippen LogP contribution in [0, 0.1) is 5.92 Å². The Hall–Kier alpha value is -1.59. The second-order valence-corrected chi connectivity index (χ2v) is 8.96. The maximum absolute atomic E-state index is 4.95. The summed E-state index contributed by atoms with van der Waals surface area (Å²) in [5.41, 5.74) is 1.44. The minimum absolute atomic E-state index is 0.550. The smallest absolute Gasteiger partial charge is 0.191 e. The van der Waals surface area contributed by atoms with E-state index < -0.39 is 0 Å². The number of likely N-dealkylation sites (tertiary alicyclic amines) is 2. The molecule has 0 saturated carbocycles. The largest absolute Gasteiger partial charge is 0.357 e. The molecule has 1 aromatic carbocycles. The Balaban J connectivity index is 1.41. The van der Waals surface area contributed by atoms with E-state index >= 15 is 0 Å². The number of hydrogen-bond donors (Lipinski definition) is 2. The molecule has 2 saturated heterocycles. The quantitative estimate of drug-likeness (QED) is 0.521. The van der Waals surface area contributed by atoms with Crippen molar-refractivity contribution in [2.75, 3.05) is 45.8 Å². The molecular formula is C24H41N5. The molecule has 0 spiro atoms. The van der Waals surface area contributed by atoms with Crippen molar-refractivity contribution >= 4 is 5.96 Å². The molecule has 5 heteroatoms. The van der Waals surface area contributed by atoms with Crippen molar-refractivity contribution < 1.29 is 0 Å². The van der Waals surface area contributed by atoms with Gasteiger partial charge in [0.05, 0.1) is 0 Å². The third-order valence-electron chi connectivity index (χ3n) is 6.38. The number of nitrogens with zero attached hydrogens (tertiary/aromatic N) is 3. The zero-order valence-electron chi connectivity index (χ0n) is 18.7. The van der Waals surface area contributed by atoms with Crippen LogP contribution < -0.4 is 10.6 Å². The van der Waals surface area contributed by atoms with Crippen molar-refractivity contribution in [3.8, 4) is 0 Å². The zero-order chi connectivity index (χ0) is 20.5. The van der Waals surface area contributed by atoms with Gasteiger partial charge < -0.3 is 20.4 Å². The van der Waals surface area contributed by atoms with Crippen molar-refractivity contribution in [1.82, 2.24) is 20.4 Å². The molecule has 162 valence electrons. The summed E-state index contributed by atoms with van der Waals surface area (Å²) in [6.07, 6.45) is 4.83. The van der Waals surface area contributed by atoms with E-state index in [2.05, 4.69) is 71.5 Å². The van der Waals surface area contributed by atoms with Crippen molar-refractivity contribution in [3.05, 3.63) is 35.9 Å². The third-order valence-corrected chi connectivity index (χ3v) is 6.38. The van der Waals surface area contributed by atoms with Gasteiger partial charge in [-0.15, -0.1) is 0 Å². The maximum atomic E-state index is 4.95. The molecular weight excluding hydrogens is 358 g/mol. The van der Waals surface area contributed by atoms with E-state index in [9.17, 15) is 0 Å². The van der Waals surface area contributed by atoms with Gasteiger partial charge in [-0.1, -0.05) is 30.3 Å². The minimum atomic E-state index is 0.550. The average molecular weight is 400 g/mol. The lowest BCUT2D eigenvalue weighted by Crippen LogP contribution is -2.50. The summed E-state index contributed by atoms with van der Waals surface area (Å²) in [7, 11) is 0. The minimum Gasteiger partial charge on any atom is -0.357 e. The number of guanidine groups is 1. The van der Waals surface area contributed by atoms with Crippen molar-refractivity contribution in [3.63, 3.8) is 0 Å². The van der Waals surface area contributed by atoms with E-state index in [1.54, 1.807) is 0 Å². The molecule has 3 rings (SSSR count). The molecule has 5 nitrogen and oxygen atoms in total. The van der Waals surface area contributed by atoms with Crippen molar-refractivity contribution in [2.45, 2.75) is 58.5 Å². The summed E-state index contributed by atoms with van der Waals surface area (Å²) in [4.78, 5) is 10.1. The van der Waals surface area contributed by atoms with Crippen LogP contribution in [0.15, 0.2) is 35.3 Å². The van der Waals surface area contributed by atoms with Crippen molar-refractivity contribution in [1.29, 1.82) is 0 Å². The van der Waals surface area contributed by atoms with Gasteiger partial charge in [-0.25, -0.2) is 0 Å². The Labute approximate surface area is 178 Å². The molecule has 2 N–H and O–H groups in total. The molecule has 1 aromatic rings. The summed E-state index contributed by atoms with van der Waals surface area (Å²) >= 11 is 0. The summed E-state index contributed by atoms with van der Waals surface area (Å²) in [5.74, 6) is 1.70. The van der Waals surface area contributed by atoms with Gasteiger partial charge in [0.2, 0.25) is 0 Å². The molecule has 0 amide bonds. The van der Waals surface area contributed by atoms with Gasteiger partial charge in [0.25, 0.3) is 0 Å². The monoisotopic (exact) mass is 399 g/mol. The van der Waals surface area contributed by atoms with E-state index in [0.29, 0.717) is 18.0 Å². The second kappa shape index (κ2) is 11.6. The fourth-order valence-electron chi connectivity index (χ4n) is 4.49. The van der Waals surface area contributed by atoms with E-state index in [1.807, 2.05) is 0 Å². The van der Waals surface area contributed by atoms with Crippen LogP contribution in [-0.4, -0.2) is 73.7 Å². The lowest BCUT2D eigenvalue weighted by molar-refractivity contribution is 0.167. The van der Waals surface area contributed by atoms with Crippen LogP contribution in [0.1, 0.15) is 45.6 Å². The fourth-order valence-corrected chi connectivity index (χ4v) is 4.49. The normalized spacial score (nSPS) is 22.3. The first-order valence-corrected chi connectivity index (χ1v) is 11.7. The van der Waals surface area contributed by atoms with E-state index in [-0.39, 0.29) is 0 Å². The highest BCUT2D eigenvalue weighted by Crippen LogP contribution is 2.17. The zero-order valence-corrected chi connectivity index (χ0v) is 18.7. The molecule has 29 heavy (non-hydrogen) atoms. The first kappa shape index (κ1) is 22.1. The van der Waals surface area contributed by atoms with Gasteiger partial charge in [-0.3, -0.25) is 4.99 Å². The number of aliphatic imine (C=N–C) groups is 1. The van der Waals surface area contributed by atoms with Gasteiger partial charge in [0, 0.05) is 51.4 Å². The van der Waals surface area contributed by atoms with Gasteiger partial charge in [0.1, 0.15) is 0 Å². The summed E-state index contributed by atoms with van der Waals surface area (Å²) in [6.45, 7) is 14.5. The van der Waals surface area contributed by atoms with Crippen LogP contribution >= 0.6 is 0 Å². The first-order chi connectivity index (χ1) is 14.1. The number of piperidine rings is 1. The van der Waals surface area contributed by atoms with Crippen LogP contribution in [0.3, 0.4) is 0 Å². The lowest BCUT2D eigenvalue weighted by atomic mass is 10.0. The molecule has 0 bridgehead atoms. The molecule has 0 aromatic heterocycles. The highest BCUT2D eigenvalue weighted by atomic mass is 15.2. The van der Waals surface area contributed by atoms with Gasteiger partial charge >= 0.3 is 0 Å². The Kier molecular flexibility index (Phi) is 8.81. The first-order valence-electron chi connectivity index (χ1n) is 11.7. The van der Waals surface area contributed by atoms with E-state index in [4.69, 9.17) is 4.99 Å². The lowest BCUT2D eigenvalue weighted by Gasteiger charge is -2.35. The number of nitrogens with one attached hydrogen (secondary N) is 2. The van der Waals surface area contributed by atoms with E-state index in [0.717, 1.165) is 32.0 Å². The molecule has 0 radical (unpaired) electrons. The highest BCUT2D eigenvalue weighted by Gasteiger charge is 2.23. The van der Waals surface area contributed by atoms with Crippen LogP contribution in [0.2, 0.25) is 0 Å². The van der Waals surface area contributed by atoms with Crippen LogP contribution in [0.5, 0.6) is 0 Å². The van der Waals surface area contributed by atoms with Crippen LogP contribution in [0.4, 0.5) is 0 Å². The summed E-state index contributed by atoms with van der Waals surface area (Å²) in [5, 5.41) is 7.15. The van der Waals surface area contributed by atoms with Gasteiger partial charge in [-0.05, 0) is 64.5 Å². The van der Waals surface area contributed by atoms with Gasteiger partial charge in [0.15, 0.2) is 5.96 Å². The fraction of sp³-hybridized carbons (Fsp3) is 0.708. The Bertz CT molecular complexity index is 607. The number of hydrogen-bond acceptors (Lipinski definition) is 3. The second-order valence-electron chi connectivity index (χ2n) is 8.96. The molecule has 2 aliphatic heterocycles. The third kappa shape index (κ3) is 7.31. The maximum Gasteiger partial charge on any atom is 0.191 e. The highest BCUT2D eigenvalue weighted by molar-refractivity contribution is 5.80.